The smallest absolute Gasteiger partial charge is 0.248 e. The summed E-state index contributed by atoms with van der Waals surface area (Å²) in [6.07, 6.45) is 4.48. The Kier molecular flexibility index (Phi) is 5.84. The molecule has 1 amide bonds. The molecule has 0 aliphatic carbocycles. The Balaban J connectivity index is 2.45. The second-order valence-corrected chi connectivity index (χ2v) is 6.86. The number of amides is 1. The van der Waals surface area contributed by atoms with Crippen molar-refractivity contribution >= 4 is 5.91 Å². The molecule has 1 aromatic carbocycles. The zero-order valence-electron chi connectivity index (χ0n) is 15.1. The Bertz CT molecular complexity index is 626. The van der Waals surface area contributed by atoms with Gasteiger partial charge in [-0.05, 0) is 51.8 Å². The number of aromatic nitrogens is 1. The molecule has 0 aliphatic rings. The van der Waals surface area contributed by atoms with Crippen LogP contribution in [0.4, 0.5) is 0 Å². The maximum Gasteiger partial charge on any atom is 0.248 e. The minimum Gasteiger partial charge on any atom is -0.367 e. The van der Waals surface area contributed by atoms with Gasteiger partial charge >= 0.3 is 0 Å². The van der Waals surface area contributed by atoms with Crippen molar-refractivity contribution in [3.63, 3.8) is 0 Å². The molecule has 2 rings (SSSR count). The molecule has 0 bridgehead atoms. The first-order chi connectivity index (χ1) is 11.4. The summed E-state index contributed by atoms with van der Waals surface area (Å²) in [5, 5.41) is 0. The molecule has 130 valence electrons. The number of benzene rings is 1. The highest BCUT2D eigenvalue weighted by molar-refractivity contribution is 5.86. The van der Waals surface area contributed by atoms with Crippen LogP contribution in [0.1, 0.15) is 39.7 Å². The maximum absolute atomic E-state index is 12.7. The van der Waals surface area contributed by atoms with Gasteiger partial charge in [-0.25, -0.2) is 0 Å². The predicted octanol–water partition coefficient (Wildman–Crippen LogP) is 3.23. The van der Waals surface area contributed by atoms with Crippen LogP contribution in [0.5, 0.6) is 0 Å². The van der Waals surface area contributed by atoms with E-state index in [1.54, 1.807) is 0 Å². The van der Waals surface area contributed by atoms with Crippen molar-refractivity contribution in [3.05, 3.63) is 60.4 Å². The molecule has 1 aromatic heterocycles. The lowest BCUT2D eigenvalue weighted by Crippen LogP contribution is -2.50. The Labute approximate surface area is 145 Å². The van der Waals surface area contributed by atoms with E-state index in [2.05, 4.69) is 32.6 Å². The molecule has 24 heavy (non-hydrogen) atoms. The SMILES string of the molecule is CC(C)N(CCC(C(N)=O)(c1ccccc1)n1cccc1)C(C)C. The Morgan fingerprint density at radius 1 is 1.04 bits per heavy atom. The highest BCUT2D eigenvalue weighted by atomic mass is 16.1. The van der Waals surface area contributed by atoms with E-state index in [1.165, 1.54) is 0 Å². The Morgan fingerprint density at radius 2 is 1.58 bits per heavy atom. The van der Waals surface area contributed by atoms with E-state index in [0.717, 1.165) is 12.1 Å². The second-order valence-electron chi connectivity index (χ2n) is 6.86. The van der Waals surface area contributed by atoms with Gasteiger partial charge in [-0.3, -0.25) is 9.69 Å². The molecular weight excluding hydrogens is 298 g/mol. The fourth-order valence-corrected chi connectivity index (χ4v) is 3.52. The number of nitrogens with two attached hydrogens (primary N) is 1. The average molecular weight is 327 g/mol. The van der Waals surface area contributed by atoms with Gasteiger partial charge in [0.2, 0.25) is 5.91 Å². The number of hydrogen-bond donors (Lipinski definition) is 1. The first kappa shape index (κ1) is 18.3. The predicted molar refractivity (Wildman–Crippen MR) is 98.7 cm³/mol. The van der Waals surface area contributed by atoms with Crippen molar-refractivity contribution in [2.75, 3.05) is 6.54 Å². The third-order valence-electron chi connectivity index (χ3n) is 4.76. The lowest BCUT2D eigenvalue weighted by Gasteiger charge is -2.37. The molecule has 2 N–H and O–H groups in total. The lowest BCUT2D eigenvalue weighted by atomic mass is 9.85. The normalized spacial score (nSPS) is 14.3. The molecule has 0 spiro atoms. The third kappa shape index (κ3) is 3.54. The van der Waals surface area contributed by atoms with E-state index in [9.17, 15) is 4.79 Å². The molecule has 1 heterocycles. The highest BCUT2D eigenvalue weighted by Crippen LogP contribution is 2.31. The van der Waals surface area contributed by atoms with Gasteiger partial charge in [-0.2, -0.15) is 0 Å². The molecular formula is C20H29N3O. The van der Waals surface area contributed by atoms with Crippen LogP contribution in [0, 0.1) is 0 Å². The highest BCUT2D eigenvalue weighted by Gasteiger charge is 2.40. The van der Waals surface area contributed by atoms with E-state index in [4.69, 9.17) is 5.73 Å². The molecule has 2 aromatic rings. The largest absolute Gasteiger partial charge is 0.367 e. The molecule has 0 saturated carbocycles. The molecule has 0 radical (unpaired) electrons. The fraction of sp³-hybridized carbons (Fsp3) is 0.450. The first-order valence-electron chi connectivity index (χ1n) is 8.64. The topological polar surface area (TPSA) is 51.3 Å². The zero-order chi connectivity index (χ0) is 17.7. The maximum atomic E-state index is 12.7. The number of primary amides is 1. The van der Waals surface area contributed by atoms with Gasteiger partial charge in [0.1, 0.15) is 5.54 Å². The van der Waals surface area contributed by atoms with Crippen LogP contribution in [0.15, 0.2) is 54.9 Å². The van der Waals surface area contributed by atoms with E-state index in [0.29, 0.717) is 18.5 Å². The van der Waals surface area contributed by atoms with Crippen molar-refractivity contribution < 1.29 is 4.79 Å². The number of carbonyl (C=O) groups is 1. The van der Waals surface area contributed by atoms with Crippen LogP contribution in [-0.2, 0) is 10.3 Å². The summed E-state index contributed by atoms with van der Waals surface area (Å²) in [6.45, 7) is 9.54. The van der Waals surface area contributed by atoms with Crippen molar-refractivity contribution in [1.29, 1.82) is 0 Å². The first-order valence-corrected chi connectivity index (χ1v) is 8.64. The minimum atomic E-state index is -0.868. The van der Waals surface area contributed by atoms with E-state index in [1.807, 2.05) is 59.4 Å². The molecule has 0 saturated heterocycles. The van der Waals surface area contributed by atoms with Crippen LogP contribution in [0.25, 0.3) is 0 Å². The van der Waals surface area contributed by atoms with Crippen molar-refractivity contribution in [3.8, 4) is 0 Å². The standard InChI is InChI=1S/C20H29N3O/c1-16(2)23(17(3)4)15-12-20(19(21)24,22-13-8-9-14-22)18-10-6-5-7-11-18/h5-11,13-14,16-17H,12,15H2,1-4H3,(H2,21,24). The quantitative estimate of drug-likeness (QED) is 0.809. The summed E-state index contributed by atoms with van der Waals surface area (Å²) in [4.78, 5) is 15.0. The zero-order valence-corrected chi connectivity index (χ0v) is 15.1. The minimum absolute atomic E-state index is 0.322. The van der Waals surface area contributed by atoms with Gasteiger partial charge in [0, 0.05) is 31.0 Å². The summed E-state index contributed by atoms with van der Waals surface area (Å²) in [5.74, 6) is -0.322. The van der Waals surface area contributed by atoms with Crippen LogP contribution < -0.4 is 5.73 Å². The second kappa shape index (κ2) is 7.67. The fourth-order valence-electron chi connectivity index (χ4n) is 3.52. The van der Waals surface area contributed by atoms with Gasteiger partial charge in [0.15, 0.2) is 0 Å². The number of hydrogen-bond acceptors (Lipinski definition) is 2. The summed E-state index contributed by atoms with van der Waals surface area (Å²) in [7, 11) is 0. The molecule has 0 fully saturated rings. The van der Waals surface area contributed by atoms with Gasteiger partial charge in [0.25, 0.3) is 0 Å². The van der Waals surface area contributed by atoms with Crippen LogP contribution >= 0.6 is 0 Å². The van der Waals surface area contributed by atoms with Gasteiger partial charge in [0.05, 0.1) is 0 Å². The van der Waals surface area contributed by atoms with E-state index >= 15 is 0 Å². The summed E-state index contributed by atoms with van der Waals surface area (Å²) >= 11 is 0. The van der Waals surface area contributed by atoms with Crippen molar-refractivity contribution in [1.82, 2.24) is 9.47 Å². The third-order valence-corrected chi connectivity index (χ3v) is 4.76. The molecule has 4 heteroatoms. The summed E-state index contributed by atoms with van der Waals surface area (Å²) in [6, 6.07) is 14.5. The van der Waals surface area contributed by atoms with Crippen LogP contribution in [0.2, 0.25) is 0 Å². The van der Waals surface area contributed by atoms with Gasteiger partial charge in [-0.1, -0.05) is 30.3 Å². The van der Waals surface area contributed by atoms with Crippen LogP contribution in [0.3, 0.4) is 0 Å². The molecule has 0 aliphatic heterocycles. The Morgan fingerprint density at radius 3 is 2.04 bits per heavy atom. The molecule has 4 nitrogen and oxygen atoms in total. The molecule has 1 atom stereocenters. The molecule has 1 unspecified atom stereocenters. The van der Waals surface area contributed by atoms with Crippen LogP contribution in [-0.4, -0.2) is 34.0 Å². The van der Waals surface area contributed by atoms with E-state index in [-0.39, 0.29) is 5.91 Å². The monoisotopic (exact) mass is 327 g/mol. The average Bonchev–Trinajstić information content (AvgIpc) is 3.06. The Hall–Kier alpha value is -2.07. The lowest BCUT2D eigenvalue weighted by molar-refractivity contribution is -0.125. The number of rotatable bonds is 8. The van der Waals surface area contributed by atoms with E-state index < -0.39 is 5.54 Å². The van der Waals surface area contributed by atoms with Crippen molar-refractivity contribution in [2.45, 2.75) is 51.7 Å². The van der Waals surface area contributed by atoms with Gasteiger partial charge in [-0.15, -0.1) is 0 Å². The van der Waals surface area contributed by atoms with Gasteiger partial charge < -0.3 is 10.3 Å². The number of nitrogens with zero attached hydrogens (tertiary/aromatic N) is 2. The number of carbonyl (C=O) groups excluding carboxylic acids is 1. The summed E-state index contributed by atoms with van der Waals surface area (Å²) in [5.41, 5.74) is 6.02. The van der Waals surface area contributed by atoms with Crippen molar-refractivity contribution in [2.24, 2.45) is 5.73 Å². The summed E-state index contributed by atoms with van der Waals surface area (Å²) < 4.78 is 1.95.